The van der Waals surface area contributed by atoms with Crippen molar-refractivity contribution in [1.29, 1.82) is 0 Å². The van der Waals surface area contributed by atoms with E-state index in [0.717, 1.165) is 49.4 Å². The van der Waals surface area contributed by atoms with Crippen LogP contribution in [-0.4, -0.2) is 29.2 Å². The van der Waals surface area contributed by atoms with Crippen molar-refractivity contribution in [2.75, 3.05) is 18.0 Å². The molecule has 2 aliphatic rings. The Balaban J connectivity index is 1.70. The molecule has 5 heteroatoms. The molecule has 0 saturated heterocycles. The summed E-state index contributed by atoms with van der Waals surface area (Å²) in [5.41, 5.74) is 5.00. The molecule has 1 aromatic heterocycles. The third kappa shape index (κ3) is 1.67. The number of hydrogen-bond acceptors (Lipinski definition) is 3. The minimum Gasteiger partial charge on any atom is -0.311 e. The van der Waals surface area contributed by atoms with E-state index in [1.54, 1.807) is 0 Å². The number of rotatable bonds is 1. The summed E-state index contributed by atoms with van der Waals surface area (Å²) in [5, 5.41) is 10.5. The summed E-state index contributed by atoms with van der Waals surface area (Å²) in [5.74, 6) is 0.0225. The number of benzene rings is 1. The van der Waals surface area contributed by atoms with Crippen molar-refractivity contribution >= 4 is 11.6 Å². The molecule has 0 unspecified atom stereocenters. The fourth-order valence-corrected chi connectivity index (χ4v) is 3.10. The second-order valence-corrected chi connectivity index (χ2v) is 5.29. The Hall–Kier alpha value is -2.14. The molecule has 4 rings (SSSR count). The van der Waals surface area contributed by atoms with Gasteiger partial charge in [0.15, 0.2) is 5.69 Å². The lowest BCUT2D eigenvalue weighted by Gasteiger charge is -2.18. The second kappa shape index (κ2) is 4.45. The normalized spacial score (nSPS) is 16.9. The van der Waals surface area contributed by atoms with E-state index in [9.17, 15) is 4.79 Å². The number of aromatic nitrogens is 2. The van der Waals surface area contributed by atoms with E-state index in [1.165, 1.54) is 5.56 Å². The standard InChI is InChI=1S/C15H16N4O/c20-15(14-11-5-7-16-9-12(11)17-18-14)19-8-6-10-3-1-2-4-13(10)19/h1-4,16H,5-9H2,(H,17,18). The molecule has 2 aromatic rings. The summed E-state index contributed by atoms with van der Waals surface area (Å²) in [6.07, 6.45) is 1.79. The number of H-pyrrole nitrogens is 1. The lowest BCUT2D eigenvalue weighted by Crippen LogP contribution is -2.31. The number of fused-ring (bicyclic) bond motifs is 2. The van der Waals surface area contributed by atoms with Crippen LogP contribution < -0.4 is 10.2 Å². The lowest BCUT2D eigenvalue weighted by molar-refractivity contribution is 0.0983. The van der Waals surface area contributed by atoms with Crippen molar-refractivity contribution in [3.05, 3.63) is 46.8 Å². The molecule has 20 heavy (non-hydrogen) atoms. The molecule has 0 aliphatic carbocycles. The molecule has 1 amide bonds. The quantitative estimate of drug-likeness (QED) is 0.818. The van der Waals surface area contributed by atoms with Crippen LogP contribution in [0.25, 0.3) is 0 Å². The minimum absolute atomic E-state index is 0.0225. The van der Waals surface area contributed by atoms with Gasteiger partial charge in [-0.25, -0.2) is 0 Å². The number of para-hydroxylation sites is 1. The summed E-state index contributed by atoms with van der Waals surface area (Å²) < 4.78 is 0. The van der Waals surface area contributed by atoms with Crippen LogP contribution in [0.5, 0.6) is 0 Å². The van der Waals surface area contributed by atoms with Crippen molar-refractivity contribution in [2.45, 2.75) is 19.4 Å². The molecule has 0 fully saturated rings. The predicted molar refractivity (Wildman–Crippen MR) is 75.8 cm³/mol. The van der Waals surface area contributed by atoms with Crippen LogP contribution in [0.1, 0.15) is 27.3 Å². The maximum atomic E-state index is 12.8. The third-order valence-electron chi connectivity index (χ3n) is 4.14. The molecule has 1 aromatic carbocycles. The topological polar surface area (TPSA) is 61.0 Å². The molecule has 3 heterocycles. The predicted octanol–water partition coefficient (Wildman–Crippen LogP) is 1.26. The zero-order valence-electron chi connectivity index (χ0n) is 11.1. The molecule has 0 spiro atoms. The summed E-state index contributed by atoms with van der Waals surface area (Å²) in [7, 11) is 0. The highest BCUT2D eigenvalue weighted by atomic mass is 16.2. The number of hydrogen-bond donors (Lipinski definition) is 2. The van der Waals surface area contributed by atoms with Gasteiger partial charge in [0.1, 0.15) is 0 Å². The molecular weight excluding hydrogens is 252 g/mol. The summed E-state index contributed by atoms with van der Waals surface area (Å²) in [6.45, 7) is 2.42. The van der Waals surface area contributed by atoms with Gasteiger partial charge < -0.3 is 10.2 Å². The van der Waals surface area contributed by atoms with Crippen molar-refractivity contribution in [1.82, 2.24) is 15.5 Å². The maximum absolute atomic E-state index is 12.8. The van der Waals surface area contributed by atoms with E-state index in [-0.39, 0.29) is 5.91 Å². The summed E-state index contributed by atoms with van der Waals surface area (Å²) in [6, 6.07) is 8.11. The third-order valence-corrected chi connectivity index (χ3v) is 4.14. The Morgan fingerprint density at radius 2 is 2.15 bits per heavy atom. The fraction of sp³-hybridized carbons (Fsp3) is 0.333. The molecule has 2 aliphatic heterocycles. The number of amides is 1. The second-order valence-electron chi connectivity index (χ2n) is 5.29. The first-order chi connectivity index (χ1) is 9.84. The first-order valence-corrected chi connectivity index (χ1v) is 7.01. The van der Waals surface area contributed by atoms with Gasteiger partial charge in [-0.1, -0.05) is 18.2 Å². The molecule has 0 radical (unpaired) electrons. The van der Waals surface area contributed by atoms with Crippen LogP contribution in [0, 0.1) is 0 Å². The SMILES string of the molecule is O=C(c1n[nH]c2c1CCNC2)N1CCc2ccccc21. The van der Waals surface area contributed by atoms with E-state index in [4.69, 9.17) is 0 Å². The van der Waals surface area contributed by atoms with Gasteiger partial charge in [-0.05, 0) is 31.0 Å². The molecule has 0 saturated carbocycles. The van der Waals surface area contributed by atoms with Crippen LogP contribution in [0.4, 0.5) is 5.69 Å². The van der Waals surface area contributed by atoms with Gasteiger partial charge in [-0.2, -0.15) is 5.10 Å². The van der Waals surface area contributed by atoms with Crippen molar-refractivity contribution in [2.24, 2.45) is 0 Å². The number of carbonyl (C=O) groups is 1. The van der Waals surface area contributed by atoms with Gasteiger partial charge in [0.05, 0.1) is 5.69 Å². The van der Waals surface area contributed by atoms with Crippen LogP contribution in [0.2, 0.25) is 0 Å². The first kappa shape index (κ1) is 11.7. The van der Waals surface area contributed by atoms with Gasteiger partial charge in [-0.15, -0.1) is 0 Å². The Morgan fingerprint density at radius 1 is 1.25 bits per heavy atom. The lowest BCUT2D eigenvalue weighted by atomic mass is 10.1. The van der Waals surface area contributed by atoms with E-state index in [2.05, 4.69) is 21.6 Å². The Labute approximate surface area is 117 Å². The smallest absolute Gasteiger partial charge is 0.279 e. The molecule has 5 nitrogen and oxygen atoms in total. The largest absolute Gasteiger partial charge is 0.311 e. The average molecular weight is 268 g/mol. The van der Waals surface area contributed by atoms with E-state index >= 15 is 0 Å². The number of anilines is 1. The zero-order valence-corrected chi connectivity index (χ0v) is 11.1. The highest BCUT2D eigenvalue weighted by Crippen LogP contribution is 2.29. The fourth-order valence-electron chi connectivity index (χ4n) is 3.10. The minimum atomic E-state index is 0.0225. The van der Waals surface area contributed by atoms with Gasteiger partial charge in [0.25, 0.3) is 5.91 Å². The summed E-state index contributed by atoms with van der Waals surface area (Å²) in [4.78, 5) is 14.6. The van der Waals surface area contributed by atoms with E-state index in [1.807, 2.05) is 23.1 Å². The van der Waals surface area contributed by atoms with Crippen molar-refractivity contribution < 1.29 is 4.79 Å². The highest BCUT2D eigenvalue weighted by molar-refractivity contribution is 6.07. The van der Waals surface area contributed by atoms with Crippen LogP contribution in [-0.2, 0) is 19.4 Å². The molecule has 102 valence electrons. The van der Waals surface area contributed by atoms with Gasteiger partial charge in [0.2, 0.25) is 0 Å². The van der Waals surface area contributed by atoms with E-state index < -0.39 is 0 Å². The average Bonchev–Trinajstić information content (AvgIpc) is 3.11. The monoisotopic (exact) mass is 268 g/mol. The zero-order chi connectivity index (χ0) is 13.5. The van der Waals surface area contributed by atoms with Gasteiger partial charge >= 0.3 is 0 Å². The summed E-state index contributed by atoms with van der Waals surface area (Å²) >= 11 is 0. The van der Waals surface area contributed by atoms with Crippen LogP contribution >= 0.6 is 0 Å². The Morgan fingerprint density at radius 3 is 3.10 bits per heavy atom. The van der Waals surface area contributed by atoms with Crippen LogP contribution in [0.3, 0.4) is 0 Å². The molecule has 2 N–H and O–H groups in total. The Kier molecular flexibility index (Phi) is 2.60. The van der Waals surface area contributed by atoms with Crippen molar-refractivity contribution in [3.63, 3.8) is 0 Å². The molecule has 0 atom stereocenters. The molecule has 0 bridgehead atoms. The first-order valence-electron chi connectivity index (χ1n) is 7.01. The van der Waals surface area contributed by atoms with Crippen LogP contribution in [0.15, 0.2) is 24.3 Å². The molecular formula is C15H16N4O. The Bertz CT molecular complexity index is 676. The highest BCUT2D eigenvalue weighted by Gasteiger charge is 2.29. The van der Waals surface area contributed by atoms with Gasteiger partial charge in [-0.3, -0.25) is 9.89 Å². The van der Waals surface area contributed by atoms with E-state index in [0.29, 0.717) is 5.69 Å². The van der Waals surface area contributed by atoms with Gasteiger partial charge in [0, 0.05) is 24.3 Å². The van der Waals surface area contributed by atoms with Crippen molar-refractivity contribution in [3.8, 4) is 0 Å². The number of nitrogens with zero attached hydrogens (tertiary/aromatic N) is 2. The number of carbonyl (C=O) groups excluding carboxylic acids is 1. The number of aromatic amines is 1. The maximum Gasteiger partial charge on any atom is 0.279 e. The number of nitrogens with one attached hydrogen (secondary N) is 2.